The molecule has 2 rings (SSSR count). The Hall–Kier alpha value is -1.75. The number of carbonyl (C=O) groups excluding carboxylic acids is 1. The van der Waals surface area contributed by atoms with Crippen molar-refractivity contribution in [2.45, 2.75) is 19.4 Å². The van der Waals surface area contributed by atoms with Crippen LogP contribution in [0.2, 0.25) is 0 Å². The van der Waals surface area contributed by atoms with E-state index in [0.29, 0.717) is 19.7 Å². The molecule has 110 valence electrons. The molecule has 5 heteroatoms. The Morgan fingerprint density at radius 2 is 2.15 bits per heavy atom. The number of hydrogen-bond donors (Lipinski definition) is 1. The van der Waals surface area contributed by atoms with Crippen molar-refractivity contribution in [1.29, 1.82) is 0 Å². The number of nitrogens with zero attached hydrogens (tertiary/aromatic N) is 1. The van der Waals surface area contributed by atoms with Crippen LogP contribution < -0.4 is 14.8 Å². The Balaban J connectivity index is 1.81. The number of carbonyl (C=O) groups is 1. The lowest BCUT2D eigenvalue weighted by Gasteiger charge is -2.29. The largest absolute Gasteiger partial charge is 0.486 e. The standard InChI is InChI=1S/C15H22N2O3/c1-3-8-16-9-15(18)17(2)10-12-11-19-13-6-4-5-7-14(13)20-12/h4-7,12,16H,3,8-11H2,1-2H3. The average molecular weight is 278 g/mol. The zero-order chi connectivity index (χ0) is 14.4. The second kappa shape index (κ2) is 7.14. The van der Waals surface area contributed by atoms with E-state index in [1.165, 1.54) is 0 Å². The van der Waals surface area contributed by atoms with Crippen LogP contribution in [0.1, 0.15) is 13.3 Å². The van der Waals surface area contributed by atoms with E-state index in [1.807, 2.05) is 24.3 Å². The minimum absolute atomic E-state index is 0.0703. The van der Waals surface area contributed by atoms with Crippen molar-refractivity contribution < 1.29 is 14.3 Å². The van der Waals surface area contributed by atoms with Gasteiger partial charge in [-0.25, -0.2) is 0 Å². The van der Waals surface area contributed by atoms with Gasteiger partial charge in [-0.15, -0.1) is 0 Å². The highest BCUT2D eigenvalue weighted by atomic mass is 16.6. The summed E-state index contributed by atoms with van der Waals surface area (Å²) in [5.74, 6) is 1.58. The number of amides is 1. The van der Waals surface area contributed by atoms with E-state index in [-0.39, 0.29) is 12.0 Å². The van der Waals surface area contributed by atoms with Crippen molar-refractivity contribution in [3.05, 3.63) is 24.3 Å². The molecule has 0 aromatic heterocycles. The van der Waals surface area contributed by atoms with E-state index < -0.39 is 0 Å². The van der Waals surface area contributed by atoms with Crippen molar-refractivity contribution in [2.75, 3.05) is 33.3 Å². The van der Waals surface area contributed by atoms with Crippen LogP contribution in [0.3, 0.4) is 0 Å². The molecule has 0 aliphatic carbocycles. The Kier molecular flexibility index (Phi) is 5.24. The first-order valence-corrected chi connectivity index (χ1v) is 7.04. The predicted molar refractivity (Wildman–Crippen MR) is 77.2 cm³/mol. The lowest BCUT2D eigenvalue weighted by atomic mass is 10.2. The molecule has 0 spiro atoms. The summed E-state index contributed by atoms with van der Waals surface area (Å²) < 4.78 is 11.5. The first-order valence-electron chi connectivity index (χ1n) is 7.04. The smallest absolute Gasteiger partial charge is 0.236 e. The molecule has 1 amide bonds. The van der Waals surface area contributed by atoms with Gasteiger partial charge >= 0.3 is 0 Å². The van der Waals surface area contributed by atoms with Gasteiger partial charge in [-0.3, -0.25) is 4.79 Å². The van der Waals surface area contributed by atoms with Crippen molar-refractivity contribution in [1.82, 2.24) is 10.2 Å². The summed E-state index contributed by atoms with van der Waals surface area (Å²) in [6.45, 7) is 4.30. The number of nitrogens with one attached hydrogen (secondary N) is 1. The molecule has 1 aromatic rings. The van der Waals surface area contributed by atoms with Gasteiger partial charge in [0.1, 0.15) is 6.61 Å². The third-order valence-electron chi connectivity index (χ3n) is 3.17. The fourth-order valence-electron chi connectivity index (χ4n) is 2.07. The third-order valence-corrected chi connectivity index (χ3v) is 3.17. The monoisotopic (exact) mass is 278 g/mol. The molecule has 0 fully saturated rings. The number of benzene rings is 1. The number of para-hydroxylation sites is 2. The molecule has 1 atom stereocenters. The summed E-state index contributed by atoms with van der Waals surface area (Å²) >= 11 is 0. The van der Waals surface area contributed by atoms with Gasteiger partial charge in [0.25, 0.3) is 0 Å². The quantitative estimate of drug-likeness (QED) is 0.797. The first-order chi connectivity index (χ1) is 9.70. The van der Waals surface area contributed by atoms with Gasteiger partial charge in [0.2, 0.25) is 5.91 Å². The van der Waals surface area contributed by atoms with Crippen LogP contribution in [-0.4, -0.2) is 50.2 Å². The van der Waals surface area contributed by atoms with Crippen LogP contribution in [0.15, 0.2) is 24.3 Å². The van der Waals surface area contributed by atoms with Gasteiger partial charge in [0.15, 0.2) is 17.6 Å². The van der Waals surface area contributed by atoms with Crippen LogP contribution in [0.5, 0.6) is 11.5 Å². The molecular weight excluding hydrogens is 256 g/mol. The summed E-state index contributed by atoms with van der Waals surface area (Å²) in [6.07, 6.45) is 0.901. The van der Waals surface area contributed by atoms with E-state index in [2.05, 4.69) is 12.2 Å². The molecule has 1 aromatic carbocycles. The van der Waals surface area contributed by atoms with Crippen molar-refractivity contribution in [2.24, 2.45) is 0 Å². The second-order valence-electron chi connectivity index (χ2n) is 4.95. The Labute approximate surface area is 119 Å². The van der Waals surface area contributed by atoms with Crippen LogP contribution in [0.4, 0.5) is 0 Å². The highest BCUT2D eigenvalue weighted by molar-refractivity contribution is 5.78. The van der Waals surface area contributed by atoms with Crippen molar-refractivity contribution in [3.8, 4) is 11.5 Å². The molecule has 1 unspecified atom stereocenters. The number of fused-ring (bicyclic) bond motifs is 1. The van der Waals surface area contributed by atoms with Crippen LogP contribution >= 0.6 is 0 Å². The lowest BCUT2D eigenvalue weighted by Crippen LogP contribution is -2.44. The van der Waals surface area contributed by atoms with Gasteiger partial charge in [-0.05, 0) is 25.1 Å². The Morgan fingerprint density at radius 3 is 2.90 bits per heavy atom. The molecule has 1 aliphatic rings. The zero-order valence-corrected chi connectivity index (χ0v) is 12.1. The molecule has 1 N–H and O–H groups in total. The minimum Gasteiger partial charge on any atom is -0.486 e. The molecule has 1 aliphatic heterocycles. The molecule has 5 nitrogen and oxygen atoms in total. The van der Waals surface area contributed by atoms with Crippen LogP contribution in [0.25, 0.3) is 0 Å². The van der Waals surface area contributed by atoms with Gasteiger partial charge in [-0.2, -0.15) is 0 Å². The van der Waals surface area contributed by atoms with E-state index in [0.717, 1.165) is 24.5 Å². The predicted octanol–water partition coefficient (Wildman–Crippen LogP) is 1.28. The van der Waals surface area contributed by atoms with Crippen molar-refractivity contribution in [3.63, 3.8) is 0 Å². The summed E-state index contributed by atoms with van der Waals surface area (Å²) in [5.41, 5.74) is 0. The summed E-state index contributed by atoms with van der Waals surface area (Å²) in [6, 6.07) is 7.59. The maximum absolute atomic E-state index is 11.9. The van der Waals surface area contributed by atoms with E-state index >= 15 is 0 Å². The summed E-state index contributed by atoms with van der Waals surface area (Å²) in [5, 5.41) is 3.11. The molecule has 0 saturated carbocycles. The number of likely N-dealkylation sites (N-methyl/N-ethyl adjacent to an activating group) is 1. The highest BCUT2D eigenvalue weighted by Crippen LogP contribution is 2.30. The topological polar surface area (TPSA) is 50.8 Å². The van der Waals surface area contributed by atoms with Crippen molar-refractivity contribution >= 4 is 5.91 Å². The highest BCUT2D eigenvalue weighted by Gasteiger charge is 2.23. The van der Waals surface area contributed by atoms with Crippen LogP contribution in [-0.2, 0) is 4.79 Å². The van der Waals surface area contributed by atoms with Gasteiger partial charge in [0.05, 0.1) is 13.1 Å². The summed E-state index contributed by atoms with van der Waals surface area (Å²) in [4.78, 5) is 13.6. The molecule has 0 bridgehead atoms. The Morgan fingerprint density at radius 1 is 1.40 bits per heavy atom. The number of hydrogen-bond acceptors (Lipinski definition) is 4. The number of rotatable bonds is 6. The van der Waals surface area contributed by atoms with Crippen LogP contribution in [0, 0.1) is 0 Å². The second-order valence-corrected chi connectivity index (χ2v) is 4.95. The normalized spacial score (nSPS) is 16.8. The maximum Gasteiger partial charge on any atom is 0.236 e. The number of ether oxygens (including phenoxy) is 2. The first kappa shape index (κ1) is 14.7. The van der Waals surface area contributed by atoms with E-state index in [1.54, 1.807) is 11.9 Å². The molecular formula is C15H22N2O3. The maximum atomic E-state index is 11.9. The van der Waals surface area contributed by atoms with Gasteiger partial charge < -0.3 is 19.7 Å². The van der Waals surface area contributed by atoms with E-state index in [4.69, 9.17) is 9.47 Å². The molecule has 20 heavy (non-hydrogen) atoms. The third kappa shape index (κ3) is 3.87. The molecule has 0 radical (unpaired) electrons. The fraction of sp³-hybridized carbons (Fsp3) is 0.533. The zero-order valence-electron chi connectivity index (χ0n) is 12.1. The molecule has 0 saturated heterocycles. The van der Waals surface area contributed by atoms with Gasteiger partial charge in [0, 0.05) is 7.05 Å². The minimum atomic E-state index is -0.120. The van der Waals surface area contributed by atoms with Gasteiger partial charge in [-0.1, -0.05) is 19.1 Å². The molecule has 1 heterocycles. The van der Waals surface area contributed by atoms with E-state index in [9.17, 15) is 4.79 Å². The fourth-order valence-corrected chi connectivity index (χ4v) is 2.07. The average Bonchev–Trinajstić information content (AvgIpc) is 2.47. The lowest BCUT2D eigenvalue weighted by molar-refractivity contribution is -0.130. The summed E-state index contributed by atoms with van der Waals surface area (Å²) in [7, 11) is 1.79. The Bertz CT molecular complexity index is 450. The SMILES string of the molecule is CCCNCC(=O)N(C)CC1COc2ccccc2O1.